The second-order valence-electron chi connectivity index (χ2n) is 10.3. The molecule has 0 amide bonds. The molecule has 1 aliphatic rings. The fourth-order valence-corrected chi connectivity index (χ4v) is 5.23. The molecule has 46 heavy (non-hydrogen) atoms. The fourth-order valence-electron chi connectivity index (χ4n) is 5.23. The largest absolute Gasteiger partial charge is 0.497 e. The quantitative estimate of drug-likeness (QED) is 0.250. The van der Waals surface area contributed by atoms with Crippen LogP contribution in [0.3, 0.4) is 0 Å². The number of benzene rings is 2. The van der Waals surface area contributed by atoms with Crippen molar-refractivity contribution in [2.75, 3.05) is 13.7 Å². The zero-order chi connectivity index (χ0) is 33.5. The summed E-state index contributed by atoms with van der Waals surface area (Å²) in [4.78, 5) is 63.2. The molecule has 1 fully saturated rings. The van der Waals surface area contributed by atoms with Crippen LogP contribution in [0.5, 0.6) is 5.75 Å². The van der Waals surface area contributed by atoms with Crippen molar-refractivity contribution in [1.82, 2.24) is 4.57 Å². The number of ether oxygens (including phenoxy) is 6. The lowest BCUT2D eigenvalue weighted by Gasteiger charge is -2.45. The van der Waals surface area contributed by atoms with E-state index in [1.54, 1.807) is 60.7 Å². The van der Waals surface area contributed by atoms with Gasteiger partial charge in [-0.15, -0.1) is 0 Å². The number of nitriles is 1. The molecule has 0 saturated carbocycles. The van der Waals surface area contributed by atoms with E-state index in [9.17, 15) is 29.2 Å². The lowest BCUT2D eigenvalue weighted by atomic mass is 9.94. The highest BCUT2D eigenvalue weighted by Crippen LogP contribution is 2.38. The monoisotopic (exact) mass is 632 g/mol. The minimum atomic E-state index is -1.58. The average molecular weight is 633 g/mol. The normalized spacial score (nSPS) is 20.5. The fraction of sp³-hybridized carbons (Fsp3) is 0.333. The molecule has 4 rings (SSSR count). The summed E-state index contributed by atoms with van der Waals surface area (Å²) < 4.78 is 34.5. The SMILES string of the molecule is COc1ccc(-c2cc(-c3ccccc3)c(C#N)c(=O)n2[C@@H]2O[C@@H](COC(C)=O)[C@@H](OC(C)=O)[C@H](OC(C)=O)[C@@H]2OC(C)=O)cc1. The van der Waals surface area contributed by atoms with Gasteiger partial charge in [0, 0.05) is 33.3 Å². The Morgan fingerprint density at radius 3 is 1.93 bits per heavy atom. The number of hydrogen-bond donors (Lipinski definition) is 0. The van der Waals surface area contributed by atoms with Crippen molar-refractivity contribution >= 4 is 23.9 Å². The van der Waals surface area contributed by atoms with Crippen LogP contribution in [0.2, 0.25) is 0 Å². The zero-order valence-electron chi connectivity index (χ0n) is 25.8. The number of nitrogens with zero attached hydrogens (tertiary/aromatic N) is 2. The van der Waals surface area contributed by atoms with Crippen LogP contribution in [0.4, 0.5) is 0 Å². The molecule has 0 bridgehead atoms. The van der Waals surface area contributed by atoms with Crippen LogP contribution in [0.1, 0.15) is 39.5 Å². The van der Waals surface area contributed by atoms with E-state index >= 15 is 0 Å². The summed E-state index contributed by atoms with van der Waals surface area (Å²) in [5.41, 5.74) is 0.533. The lowest BCUT2D eigenvalue weighted by molar-refractivity contribution is -0.268. The average Bonchev–Trinajstić information content (AvgIpc) is 3.01. The molecule has 0 aliphatic carbocycles. The summed E-state index contributed by atoms with van der Waals surface area (Å²) in [6, 6.07) is 19.1. The van der Waals surface area contributed by atoms with Crippen LogP contribution in [0.15, 0.2) is 65.5 Å². The van der Waals surface area contributed by atoms with Gasteiger partial charge in [-0.2, -0.15) is 5.26 Å². The molecule has 1 aromatic heterocycles. The topological polar surface area (TPSA) is 169 Å². The Balaban J connectivity index is 2.05. The first-order chi connectivity index (χ1) is 21.9. The molecule has 0 N–H and O–H groups in total. The number of carbonyl (C=O) groups excluding carboxylic acids is 4. The van der Waals surface area contributed by atoms with Gasteiger partial charge in [0.15, 0.2) is 24.5 Å². The third-order valence-corrected chi connectivity index (χ3v) is 7.05. The van der Waals surface area contributed by atoms with Crippen molar-refractivity contribution in [2.24, 2.45) is 0 Å². The highest BCUT2D eigenvalue weighted by Gasteiger charge is 2.53. The van der Waals surface area contributed by atoms with E-state index in [0.717, 1.165) is 32.3 Å². The molecule has 1 saturated heterocycles. The number of carbonyl (C=O) groups is 4. The van der Waals surface area contributed by atoms with E-state index in [4.69, 9.17) is 28.4 Å². The number of hydrogen-bond acceptors (Lipinski definition) is 12. The second-order valence-corrected chi connectivity index (χ2v) is 10.3. The van der Waals surface area contributed by atoms with Crippen LogP contribution in [-0.2, 0) is 42.9 Å². The molecule has 2 heterocycles. The Hall–Kier alpha value is -5.48. The van der Waals surface area contributed by atoms with Crippen molar-refractivity contribution in [3.8, 4) is 34.2 Å². The molecule has 1 aliphatic heterocycles. The summed E-state index contributed by atoms with van der Waals surface area (Å²) in [5, 5.41) is 10.2. The van der Waals surface area contributed by atoms with E-state index in [2.05, 4.69) is 0 Å². The Bertz CT molecular complexity index is 1710. The van der Waals surface area contributed by atoms with Gasteiger partial charge in [-0.1, -0.05) is 30.3 Å². The molecule has 13 nitrogen and oxygen atoms in total. The van der Waals surface area contributed by atoms with E-state index in [0.29, 0.717) is 22.4 Å². The minimum Gasteiger partial charge on any atom is -0.497 e. The molecule has 3 aromatic rings. The number of rotatable bonds is 9. The van der Waals surface area contributed by atoms with Crippen molar-refractivity contribution in [2.45, 2.75) is 58.3 Å². The van der Waals surface area contributed by atoms with Crippen molar-refractivity contribution in [3.63, 3.8) is 0 Å². The van der Waals surface area contributed by atoms with Gasteiger partial charge in [0.05, 0.1) is 12.8 Å². The van der Waals surface area contributed by atoms with Crippen molar-refractivity contribution in [3.05, 3.63) is 76.6 Å². The van der Waals surface area contributed by atoms with Crippen LogP contribution in [-0.4, -0.2) is 66.6 Å². The summed E-state index contributed by atoms with van der Waals surface area (Å²) >= 11 is 0. The van der Waals surface area contributed by atoms with Gasteiger partial charge in [0.25, 0.3) is 5.56 Å². The van der Waals surface area contributed by atoms with E-state index in [1.807, 2.05) is 6.07 Å². The number of esters is 4. The Morgan fingerprint density at radius 2 is 1.39 bits per heavy atom. The standard InChI is InChI=1S/C33H32N2O11/c1-18(36)42-17-28-29(43-19(2)37)30(44-20(3)38)31(45-21(4)39)33(46-28)35-27(23-11-13-24(41-5)14-12-23)15-25(26(16-34)32(35)40)22-9-7-6-8-10-22/h6-15,28-31,33H,17H2,1-5H3/t28-,29+,30-,31-,33+/m0/s1. The third kappa shape index (κ3) is 7.41. The molecular formula is C33H32N2O11. The minimum absolute atomic E-state index is 0.228. The van der Waals surface area contributed by atoms with Gasteiger partial charge in [-0.05, 0) is 41.5 Å². The van der Waals surface area contributed by atoms with Crippen molar-refractivity contribution < 1.29 is 47.6 Å². The van der Waals surface area contributed by atoms with E-state index < -0.39 is 66.7 Å². The number of pyridine rings is 1. The molecule has 0 unspecified atom stereocenters. The molecule has 240 valence electrons. The molecule has 13 heteroatoms. The smallest absolute Gasteiger partial charge is 0.303 e. The Morgan fingerprint density at radius 1 is 0.804 bits per heavy atom. The maximum absolute atomic E-state index is 14.4. The van der Waals surface area contributed by atoms with Gasteiger partial charge in [-0.25, -0.2) is 0 Å². The second kappa shape index (κ2) is 14.5. The zero-order valence-corrected chi connectivity index (χ0v) is 25.8. The summed E-state index contributed by atoms with van der Waals surface area (Å²) in [7, 11) is 1.50. The third-order valence-electron chi connectivity index (χ3n) is 7.05. The molecule has 0 radical (unpaired) electrons. The first-order valence-corrected chi connectivity index (χ1v) is 14.1. The van der Waals surface area contributed by atoms with Gasteiger partial charge in [0.1, 0.15) is 30.1 Å². The maximum atomic E-state index is 14.4. The van der Waals surface area contributed by atoms with Gasteiger partial charge in [-0.3, -0.25) is 28.5 Å². The summed E-state index contributed by atoms with van der Waals surface area (Å²) in [6.07, 6.45) is -7.44. The molecule has 0 spiro atoms. The first-order valence-electron chi connectivity index (χ1n) is 14.1. The summed E-state index contributed by atoms with van der Waals surface area (Å²) in [5.74, 6) is -2.62. The first kappa shape index (κ1) is 33.4. The maximum Gasteiger partial charge on any atom is 0.303 e. The molecular weight excluding hydrogens is 600 g/mol. The van der Waals surface area contributed by atoms with Crippen LogP contribution in [0.25, 0.3) is 22.4 Å². The van der Waals surface area contributed by atoms with Gasteiger partial charge >= 0.3 is 23.9 Å². The van der Waals surface area contributed by atoms with Gasteiger partial charge in [0.2, 0.25) is 0 Å². The Kier molecular flexibility index (Phi) is 10.6. The number of methoxy groups -OCH3 is 1. The van der Waals surface area contributed by atoms with Crippen molar-refractivity contribution in [1.29, 1.82) is 5.26 Å². The number of aromatic nitrogens is 1. The predicted molar refractivity (Wildman–Crippen MR) is 160 cm³/mol. The molecule has 5 atom stereocenters. The Labute approximate surface area is 264 Å². The molecule has 2 aromatic carbocycles. The lowest BCUT2D eigenvalue weighted by Crippen LogP contribution is -2.61. The summed E-state index contributed by atoms with van der Waals surface area (Å²) in [6.45, 7) is 3.96. The van der Waals surface area contributed by atoms with Crippen LogP contribution >= 0.6 is 0 Å². The van der Waals surface area contributed by atoms with E-state index in [1.165, 1.54) is 7.11 Å². The highest BCUT2D eigenvalue weighted by atomic mass is 16.7. The predicted octanol–water partition coefficient (Wildman–Crippen LogP) is 3.32. The van der Waals surface area contributed by atoms with Gasteiger partial charge < -0.3 is 28.4 Å². The van der Waals surface area contributed by atoms with E-state index in [-0.39, 0.29) is 11.3 Å². The van der Waals surface area contributed by atoms with Crippen LogP contribution in [0, 0.1) is 11.3 Å². The van der Waals surface area contributed by atoms with Crippen LogP contribution < -0.4 is 10.3 Å². The highest BCUT2D eigenvalue weighted by molar-refractivity contribution is 5.76.